The van der Waals surface area contributed by atoms with Gasteiger partial charge in [-0.05, 0) is 29.7 Å². The molecule has 6 rings (SSSR count). The lowest BCUT2D eigenvalue weighted by atomic mass is 9.92. The Hall–Kier alpha value is -2.94. The maximum absolute atomic E-state index is 5.96. The molecule has 5 heterocycles. The molecule has 8 heteroatoms. The lowest BCUT2D eigenvalue weighted by molar-refractivity contribution is -0.103. The number of hydrogen-bond acceptors (Lipinski definition) is 8. The number of nitrogens with zero attached hydrogens (tertiary/aromatic N) is 4. The SMILES string of the molecule is C1=C2c3ccc(-c4ccc(N5CCOCC5)nc4)cc3CCN2CN=C1OCC1COCCO1. The molecule has 0 radical (unpaired) electrons. The second kappa shape index (κ2) is 9.74. The van der Waals surface area contributed by atoms with Gasteiger partial charge in [0.05, 0.1) is 38.7 Å². The van der Waals surface area contributed by atoms with E-state index < -0.39 is 0 Å². The minimum absolute atomic E-state index is 0.0303. The molecule has 0 saturated carbocycles. The molecule has 0 bridgehead atoms. The van der Waals surface area contributed by atoms with E-state index in [0.29, 0.717) is 39.0 Å². The standard InChI is InChI=1S/C26H30N4O4/c1-3-23-20(13-19(1)21-2-4-25(27-15-21)29-7-9-31-10-8-29)5-6-30-18-28-26(14-24(23)30)34-17-22-16-32-11-12-33-22/h1-4,13-15,22H,5-12,16-18H2. The number of hydrogen-bond donors (Lipinski definition) is 0. The van der Waals surface area contributed by atoms with Crippen LogP contribution in [0.5, 0.6) is 0 Å². The zero-order valence-electron chi connectivity index (χ0n) is 19.3. The van der Waals surface area contributed by atoms with Gasteiger partial charge < -0.3 is 28.7 Å². The molecule has 4 aliphatic rings. The van der Waals surface area contributed by atoms with Crippen LogP contribution < -0.4 is 4.90 Å². The van der Waals surface area contributed by atoms with Crippen molar-refractivity contribution in [3.63, 3.8) is 0 Å². The first-order chi connectivity index (χ1) is 16.8. The van der Waals surface area contributed by atoms with E-state index in [1.807, 2.05) is 6.20 Å². The molecule has 0 aliphatic carbocycles. The fourth-order valence-electron chi connectivity index (χ4n) is 4.84. The smallest absolute Gasteiger partial charge is 0.212 e. The van der Waals surface area contributed by atoms with Gasteiger partial charge in [-0.15, -0.1) is 0 Å². The van der Waals surface area contributed by atoms with Gasteiger partial charge in [0, 0.05) is 43.0 Å². The van der Waals surface area contributed by atoms with Crippen molar-refractivity contribution in [3.05, 3.63) is 53.7 Å². The van der Waals surface area contributed by atoms with Crippen molar-refractivity contribution in [3.8, 4) is 11.1 Å². The topological polar surface area (TPSA) is 68.7 Å². The third-order valence-corrected chi connectivity index (χ3v) is 6.75. The van der Waals surface area contributed by atoms with Gasteiger partial charge in [-0.2, -0.15) is 0 Å². The van der Waals surface area contributed by atoms with Crippen LogP contribution in [-0.2, 0) is 25.4 Å². The number of benzene rings is 1. The summed E-state index contributed by atoms with van der Waals surface area (Å²) in [6, 6.07) is 11.0. The summed E-state index contributed by atoms with van der Waals surface area (Å²) in [5.74, 6) is 1.69. The Morgan fingerprint density at radius 1 is 0.941 bits per heavy atom. The van der Waals surface area contributed by atoms with Crippen LogP contribution in [-0.4, -0.2) is 87.8 Å². The van der Waals surface area contributed by atoms with E-state index in [9.17, 15) is 0 Å². The van der Waals surface area contributed by atoms with E-state index >= 15 is 0 Å². The lowest BCUT2D eigenvalue weighted by Gasteiger charge is -2.34. The predicted molar refractivity (Wildman–Crippen MR) is 130 cm³/mol. The van der Waals surface area contributed by atoms with Gasteiger partial charge in [0.25, 0.3) is 0 Å². The Balaban J connectivity index is 1.18. The Bertz CT molecular complexity index is 1070. The summed E-state index contributed by atoms with van der Waals surface area (Å²) in [7, 11) is 0. The summed E-state index contributed by atoms with van der Waals surface area (Å²) in [5.41, 5.74) is 6.12. The summed E-state index contributed by atoms with van der Waals surface area (Å²) >= 11 is 0. The first-order valence-electron chi connectivity index (χ1n) is 12.1. The fourth-order valence-corrected chi connectivity index (χ4v) is 4.84. The molecule has 1 aromatic carbocycles. The van der Waals surface area contributed by atoms with E-state index in [1.54, 1.807) is 0 Å². The quantitative estimate of drug-likeness (QED) is 0.692. The average Bonchev–Trinajstić information content (AvgIpc) is 2.92. The van der Waals surface area contributed by atoms with Gasteiger partial charge in [-0.1, -0.05) is 18.2 Å². The summed E-state index contributed by atoms with van der Waals surface area (Å²) < 4.78 is 22.6. The van der Waals surface area contributed by atoms with Gasteiger partial charge in [0.15, 0.2) is 0 Å². The zero-order valence-corrected chi connectivity index (χ0v) is 19.3. The van der Waals surface area contributed by atoms with Gasteiger partial charge >= 0.3 is 0 Å². The largest absolute Gasteiger partial charge is 0.475 e. The number of rotatable bonds is 4. The van der Waals surface area contributed by atoms with E-state index in [0.717, 1.165) is 50.7 Å². The first kappa shape index (κ1) is 21.6. The zero-order chi connectivity index (χ0) is 22.7. The van der Waals surface area contributed by atoms with Crippen molar-refractivity contribution in [1.82, 2.24) is 9.88 Å². The highest BCUT2D eigenvalue weighted by molar-refractivity contribution is 5.97. The van der Waals surface area contributed by atoms with E-state index in [1.165, 1.54) is 22.4 Å². The van der Waals surface area contributed by atoms with Crippen LogP contribution in [0, 0.1) is 0 Å². The third-order valence-electron chi connectivity index (χ3n) is 6.75. The molecule has 1 atom stereocenters. The molecule has 0 spiro atoms. The molecule has 0 N–H and O–H groups in total. The third kappa shape index (κ3) is 4.53. The molecule has 8 nitrogen and oxygen atoms in total. The van der Waals surface area contributed by atoms with E-state index in [-0.39, 0.29) is 6.10 Å². The van der Waals surface area contributed by atoms with Gasteiger partial charge in [0.1, 0.15) is 25.2 Å². The average molecular weight is 463 g/mol. The van der Waals surface area contributed by atoms with Crippen molar-refractivity contribution in [2.45, 2.75) is 12.5 Å². The van der Waals surface area contributed by atoms with E-state index in [4.69, 9.17) is 23.9 Å². The van der Waals surface area contributed by atoms with Gasteiger partial charge in [-0.25, -0.2) is 9.98 Å². The molecule has 0 amide bonds. The lowest BCUT2D eigenvalue weighted by Crippen LogP contribution is -2.36. The van der Waals surface area contributed by atoms with Crippen LogP contribution in [0.25, 0.3) is 16.8 Å². The minimum Gasteiger partial charge on any atom is -0.475 e. The van der Waals surface area contributed by atoms with Crippen molar-refractivity contribution in [2.24, 2.45) is 4.99 Å². The van der Waals surface area contributed by atoms with E-state index in [2.05, 4.69) is 51.2 Å². The number of aliphatic imine (C=N–C) groups is 1. The first-order valence-corrected chi connectivity index (χ1v) is 12.1. The van der Waals surface area contributed by atoms with Crippen LogP contribution in [0.15, 0.2) is 47.6 Å². The number of anilines is 1. The van der Waals surface area contributed by atoms with Crippen molar-refractivity contribution in [2.75, 3.05) is 70.8 Å². The van der Waals surface area contributed by atoms with Crippen LogP contribution in [0.3, 0.4) is 0 Å². The number of pyridine rings is 1. The van der Waals surface area contributed by atoms with Crippen LogP contribution >= 0.6 is 0 Å². The molecule has 2 aromatic rings. The summed E-state index contributed by atoms with van der Waals surface area (Å²) in [6.07, 6.45) is 5.01. The Kier molecular flexibility index (Phi) is 6.18. The monoisotopic (exact) mass is 462 g/mol. The van der Waals surface area contributed by atoms with Crippen LogP contribution in [0.4, 0.5) is 5.82 Å². The molecular formula is C26H30N4O4. The van der Waals surface area contributed by atoms with Crippen molar-refractivity contribution >= 4 is 17.4 Å². The minimum atomic E-state index is -0.0303. The van der Waals surface area contributed by atoms with Crippen LogP contribution in [0.1, 0.15) is 11.1 Å². The number of fused-ring (bicyclic) bond motifs is 3. The maximum atomic E-state index is 5.96. The Morgan fingerprint density at radius 3 is 2.68 bits per heavy atom. The van der Waals surface area contributed by atoms with Crippen molar-refractivity contribution in [1.29, 1.82) is 0 Å². The number of aromatic nitrogens is 1. The molecule has 34 heavy (non-hydrogen) atoms. The second-order valence-electron chi connectivity index (χ2n) is 8.94. The molecule has 178 valence electrons. The Morgan fingerprint density at radius 2 is 1.85 bits per heavy atom. The number of ether oxygens (including phenoxy) is 4. The second-order valence-corrected chi connectivity index (χ2v) is 8.94. The van der Waals surface area contributed by atoms with Crippen LogP contribution in [0.2, 0.25) is 0 Å². The van der Waals surface area contributed by atoms with Crippen molar-refractivity contribution < 1.29 is 18.9 Å². The molecule has 2 saturated heterocycles. The molecule has 2 fully saturated rings. The Labute approximate surface area is 199 Å². The highest BCUT2D eigenvalue weighted by Gasteiger charge is 2.25. The normalized spacial score (nSPS) is 22.4. The van der Waals surface area contributed by atoms with Gasteiger partial charge in [-0.3, -0.25) is 0 Å². The fraction of sp³-hybridized carbons (Fsp3) is 0.462. The van der Waals surface area contributed by atoms with Gasteiger partial charge in [0.2, 0.25) is 5.90 Å². The molecular weight excluding hydrogens is 432 g/mol. The summed E-state index contributed by atoms with van der Waals surface area (Å²) in [5, 5.41) is 0. The number of morpholine rings is 1. The molecule has 4 aliphatic heterocycles. The summed E-state index contributed by atoms with van der Waals surface area (Å²) in [6.45, 7) is 7.21. The maximum Gasteiger partial charge on any atom is 0.212 e. The highest BCUT2D eigenvalue weighted by atomic mass is 16.6. The molecule has 1 unspecified atom stereocenters. The molecule has 1 aromatic heterocycles. The predicted octanol–water partition coefficient (Wildman–Crippen LogP) is 2.59. The summed E-state index contributed by atoms with van der Waals surface area (Å²) in [4.78, 5) is 13.9. The highest BCUT2D eigenvalue weighted by Crippen LogP contribution is 2.33.